The van der Waals surface area contributed by atoms with E-state index in [-0.39, 0.29) is 35.4 Å². The average Bonchev–Trinajstić information content (AvgIpc) is 3.00. The van der Waals surface area contributed by atoms with Gasteiger partial charge in [0.2, 0.25) is 0 Å². The molecular formula is C20H17F2N5O2. The number of amides is 1. The van der Waals surface area contributed by atoms with Crippen LogP contribution in [0.4, 0.5) is 14.6 Å². The molecule has 3 heterocycles. The van der Waals surface area contributed by atoms with E-state index in [0.29, 0.717) is 12.0 Å². The van der Waals surface area contributed by atoms with Gasteiger partial charge in [0.1, 0.15) is 0 Å². The lowest BCUT2D eigenvalue weighted by atomic mass is 10.0. The largest absolute Gasteiger partial charge is 0.491 e. The summed E-state index contributed by atoms with van der Waals surface area (Å²) in [6.45, 7) is 3.81. The second-order valence-corrected chi connectivity index (χ2v) is 6.34. The van der Waals surface area contributed by atoms with Gasteiger partial charge in [-0.2, -0.15) is 0 Å². The van der Waals surface area contributed by atoms with Gasteiger partial charge in [-0.25, -0.2) is 28.7 Å². The Morgan fingerprint density at radius 1 is 1.07 bits per heavy atom. The Balaban J connectivity index is 1.82. The molecular weight excluding hydrogens is 380 g/mol. The zero-order valence-corrected chi connectivity index (χ0v) is 15.8. The van der Waals surface area contributed by atoms with Crippen LogP contribution >= 0.6 is 0 Å². The molecule has 9 heteroatoms. The van der Waals surface area contributed by atoms with E-state index >= 15 is 0 Å². The van der Waals surface area contributed by atoms with Crippen molar-refractivity contribution in [2.45, 2.75) is 26.3 Å². The molecule has 1 amide bonds. The van der Waals surface area contributed by atoms with Gasteiger partial charge in [-0.3, -0.25) is 9.69 Å². The van der Waals surface area contributed by atoms with Crippen molar-refractivity contribution in [1.82, 2.24) is 19.9 Å². The Hall–Kier alpha value is -3.49. The van der Waals surface area contributed by atoms with Crippen molar-refractivity contribution < 1.29 is 18.3 Å². The fourth-order valence-corrected chi connectivity index (χ4v) is 3.40. The van der Waals surface area contributed by atoms with E-state index in [1.165, 1.54) is 29.4 Å². The van der Waals surface area contributed by atoms with Crippen molar-refractivity contribution in [3.63, 3.8) is 0 Å². The van der Waals surface area contributed by atoms with Gasteiger partial charge in [0.25, 0.3) is 5.91 Å². The van der Waals surface area contributed by atoms with Gasteiger partial charge in [-0.15, -0.1) is 0 Å². The highest BCUT2D eigenvalue weighted by atomic mass is 19.1. The quantitative estimate of drug-likeness (QED) is 0.653. The fourth-order valence-electron chi connectivity index (χ4n) is 3.40. The van der Waals surface area contributed by atoms with Crippen LogP contribution in [0, 0.1) is 11.6 Å². The number of halogens is 2. The van der Waals surface area contributed by atoms with Crippen LogP contribution in [0.5, 0.6) is 5.75 Å². The van der Waals surface area contributed by atoms with Crippen molar-refractivity contribution in [2.75, 3.05) is 11.5 Å². The van der Waals surface area contributed by atoms with Crippen molar-refractivity contribution >= 4 is 11.7 Å². The first-order chi connectivity index (χ1) is 14.0. The van der Waals surface area contributed by atoms with E-state index < -0.39 is 23.6 Å². The molecule has 3 aromatic rings. The van der Waals surface area contributed by atoms with Crippen molar-refractivity contribution in [2.24, 2.45) is 0 Å². The molecule has 1 aliphatic rings. The van der Waals surface area contributed by atoms with Crippen LogP contribution in [0.2, 0.25) is 0 Å². The topological polar surface area (TPSA) is 81.1 Å². The van der Waals surface area contributed by atoms with E-state index in [1.807, 2.05) is 6.92 Å². The molecule has 1 aliphatic heterocycles. The highest BCUT2D eigenvalue weighted by Crippen LogP contribution is 2.41. The normalized spacial score (nSPS) is 15.5. The third-order valence-electron chi connectivity index (χ3n) is 4.63. The maximum atomic E-state index is 14.7. The third-order valence-corrected chi connectivity index (χ3v) is 4.63. The molecule has 4 rings (SSSR count). The summed E-state index contributed by atoms with van der Waals surface area (Å²) < 4.78 is 34.3. The summed E-state index contributed by atoms with van der Waals surface area (Å²) in [5.74, 6) is -1.75. The van der Waals surface area contributed by atoms with E-state index in [0.717, 1.165) is 6.20 Å². The van der Waals surface area contributed by atoms with Crippen molar-refractivity contribution in [3.8, 4) is 17.4 Å². The molecule has 0 N–H and O–H groups in total. The number of rotatable bonds is 5. The standard InChI is InChI=1S/C20H17F2N5O2/c1-3-15-11-8-13(21)16(29-4-2)9-12(11)20(28)27(15)19-14(22)10-25-18(26-19)17-23-6-5-7-24-17/h5-10,15H,3-4H2,1-2H3/t15-/m1/s1. The maximum Gasteiger partial charge on any atom is 0.260 e. The molecule has 0 saturated carbocycles. The molecule has 0 spiro atoms. The minimum atomic E-state index is -0.769. The Morgan fingerprint density at radius 3 is 2.52 bits per heavy atom. The number of carbonyl (C=O) groups excluding carboxylic acids is 1. The number of benzene rings is 1. The van der Waals surface area contributed by atoms with Crippen LogP contribution in [0.15, 0.2) is 36.8 Å². The Labute approximate surface area is 165 Å². The fraction of sp³-hybridized carbons (Fsp3) is 0.250. The smallest absolute Gasteiger partial charge is 0.260 e. The summed E-state index contributed by atoms with van der Waals surface area (Å²) in [7, 11) is 0. The van der Waals surface area contributed by atoms with Gasteiger partial charge in [0.05, 0.1) is 18.8 Å². The van der Waals surface area contributed by atoms with Crippen molar-refractivity contribution in [1.29, 1.82) is 0 Å². The number of carbonyl (C=O) groups is 1. The second kappa shape index (κ2) is 7.50. The molecule has 0 saturated heterocycles. The summed E-state index contributed by atoms with van der Waals surface area (Å²) in [6, 6.07) is 3.69. The number of hydrogen-bond donors (Lipinski definition) is 0. The molecule has 0 unspecified atom stereocenters. The minimum absolute atomic E-state index is 0.0159. The Morgan fingerprint density at radius 2 is 1.83 bits per heavy atom. The van der Waals surface area contributed by atoms with Crippen LogP contribution in [0.25, 0.3) is 11.6 Å². The first-order valence-electron chi connectivity index (χ1n) is 9.14. The number of aromatic nitrogens is 4. The molecule has 148 valence electrons. The van der Waals surface area contributed by atoms with Gasteiger partial charge in [0.15, 0.2) is 34.9 Å². The highest BCUT2D eigenvalue weighted by molar-refractivity contribution is 6.11. The molecule has 29 heavy (non-hydrogen) atoms. The minimum Gasteiger partial charge on any atom is -0.491 e. The molecule has 0 bridgehead atoms. The second-order valence-electron chi connectivity index (χ2n) is 6.34. The van der Waals surface area contributed by atoms with Gasteiger partial charge in [-0.05, 0) is 37.1 Å². The van der Waals surface area contributed by atoms with Crippen LogP contribution in [0.1, 0.15) is 42.2 Å². The molecule has 1 aromatic carbocycles. The maximum absolute atomic E-state index is 14.7. The predicted octanol–water partition coefficient (Wildman–Crippen LogP) is 3.72. The average molecular weight is 397 g/mol. The van der Waals surface area contributed by atoms with E-state index in [9.17, 15) is 13.6 Å². The zero-order valence-electron chi connectivity index (χ0n) is 15.8. The van der Waals surface area contributed by atoms with Gasteiger partial charge in [0, 0.05) is 18.0 Å². The van der Waals surface area contributed by atoms with Crippen LogP contribution in [-0.2, 0) is 0 Å². The molecule has 7 nitrogen and oxygen atoms in total. The highest BCUT2D eigenvalue weighted by Gasteiger charge is 2.40. The summed E-state index contributed by atoms with van der Waals surface area (Å²) in [5, 5.41) is 0. The lowest BCUT2D eigenvalue weighted by molar-refractivity contribution is 0.0988. The van der Waals surface area contributed by atoms with Crippen LogP contribution in [-0.4, -0.2) is 32.4 Å². The lowest BCUT2D eigenvalue weighted by Gasteiger charge is -2.23. The zero-order chi connectivity index (χ0) is 20.5. The number of hydrogen-bond acceptors (Lipinski definition) is 6. The van der Waals surface area contributed by atoms with Crippen LogP contribution in [0.3, 0.4) is 0 Å². The van der Waals surface area contributed by atoms with Gasteiger partial charge >= 0.3 is 0 Å². The molecule has 1 atom stereocenters. The predicted molar refractivity (Wildman–Crippen MR) is 100 cm³/mol. The van der Waals surface area contributed by atoms with Crippen molar-refractivity contribution in [3.05, 3.63) is 59.6 Å². The summed E-state index contributed by atoms with van der Waals surface area (Å²) in [4.78, 5) is 30.6. The number of fused-ring (bicyclic) bond motifs is 1. The Kier molecular flexibility index (Phi) is 4.87. The first kappa shape index (κ1) is 18.9. The van der Waals surface area contributed by atoms with E-state index in [2.05, 4.69) is 19.9 Å². The Bertz CT molecular complexity index is 1080. The molecule has 0 aliphatic carbocycles. The van der Waals surface area contributed by atoms with E-state index in [4.69, 9.17) is 4.74 Å². The summed E-state index contributed by atoms with van der Waals surface area (Å²) in [5.41, 5.74) is 0.728. The third kappa shape index (κ3) is 3.18. The number of nitrogens with zero attached hydrogens (tertiary/aromatic N) is 5. The van der Waals surface area contributed by atoms with Crippen LogP contribution < -0.4 is 9.64 Å². The molecule has 0 fully saturated rings. The van der Waals surface area contributed by atoms with Gasteiger partial charge < -0.3 is 4.74 Å². The number of anilines is 1. The monoisotopic (exact) mass is 397 g/mol. The first-order valence-corrected chi connectivity index (χ1v) is 9.14. The molecule has 2 aromatic heterocycles. The number of ether oxygens (including phenoxy) is 1. The SMILES string of the molecule is CCOc1cc2c(cc1F)[C@@H](CC)N(c1nc(-c3ncccn3)ncc1F)C2=O. The summed E-state index contributed by atoms with van der Waals surface area (Å²) >= 11 is 0. The summed E-state index contributed by atoms with van der Waals surface area (Å²) in [6.07, 6.45) is 4.44. The molecule has 0 radical (unpaired) electrons. The lowest BCUT2D eigenvalue weighted by Crippen LogP contribution is -2.29. The van der Waals surface area contributed by atoms with E-state index in [1.54, 1.807) is 13.0 Å². The van der Waals surface area contributed by atoms with Gasteiger partial charge in [-0.1, -0.05) is 6.92 Å².